The van der Waals surface area contributed by atoms with E-state index in [2.05, 4.69) is 10.4 Å². The quantitative estimate of drug-likeness (QED) is 0.809. The summed E-state index contributed by atoms with van der Waals surface area (Å²) in [5.41, 5.74) is 0.177. The molecule has 0 bridgehead atoms. The van der Waals surface area contributed by atoms with Crippen LogP contribution < -0.4 is 20.5 Å². The first kappa shape index (κ1) is 16.6. The molecular formula is C17H20N4O5. The summed E-state index contributed by atoms with van der Waals surface area (Å²) < 4.78 is 18.4. The van der Waals surface area contributed by atoms with E-state index in [1.165, 1.54) is 11.7 Å². The minimum absolute atomic E-state index is 0.121. The zero-order valence-corrected chi connectivity index (χ0v) is 14.4. The fourth-order valence-corrected chi connectivity index (χ4v) is 3.02. The summed E-state index contributed by atoms with van der Waals surface area (Å²) >= 11 is 0. The highest BCUT2D eigenvalue weighted by Crippen LogP contribution is 2.33. The van der Waals surface area contributed by atoms with Crippen molar-refractivity contribution in [1.82, 2.24) is 19.7 Å². The monoisotopic (exact) mass is 360 g/mol. The average Bonchev–Trinajstić information content (AvgIpc) is 3.16. The normalized spacial score (nSPS) is 15.7. The van der Waals surface area contributed by atoms with Crippen molar-refractivity contribution in [2.24, 2.45) is 0 Å². The highest BCUT2D eigenvalue weighted by molar-refractivity contribution is 5.76. The van der Waals surface area contributed by atoms with Crippen molar-refractivity contribution in [1.29, 1.82) is 0 Å². The number of nitrogens with zero attached hydrogens (tertiary/aromatic N) is 3. The Labute approximate surface area is 149 Å². The first-order chi connectivity index (χ1) is 12.7. The van der Waals surface area contributed by atoms with Crippen molar-refractivity contribution in [2.45, 2.75) is 38.5 Å². The van der Waals surface area contributed by atoms with E-state index in [1.807, 2.05) is 0 Å². The SMILES string of the molecule is COCc1nn(CC(=O)NC2CCC2)c(=O)n1-c1ccc2c(c1)OCO2. The number of hydrogen-bond acceptors (Lipinski definition) is 6. The molecule has 1 saturated carbocycles. The van der Waals surface area contributed by atoms with Crippen molar-refractivity contribution >= 4 is 5.91 Å². The number of hydrogen-bond donors (Lipinski definition) is 1. The third kappa shape index (κ3) is 3.05. The Kier molecular flexibility index (Phi) is 4.37. The van der Waals surface area contributed by atoms with Crippen LogP contribution in [0.4, 0.5) is 0 Å². The van der Waals surface area contributed by atoms with Crippen LogP contribution in [0.15, 0.2) is 23.0 Å². The van der Waals surface area contributed by atoms with Crippen molar-refractivity contribution in [2.75, 3.05) is 13.9 Å². The average molecular weight is 360 g/mol. The molecule has 1 aromatic carbocycles. The van der Waals surface area contributed by atoms with Gasteiger partial charge in [0, 0.05) is 19.2 Å². The minimum Gasteiger partial charge on any atom is -0.454 e. The van der Waals surface area contributed by atoms with E-state index in [0.717, 1.165) is 23.9 Å². The molecule has 26 heavy (non-hydrogen) atoms. The Morgan fingerprint density at radius 2 is 2.15 bits per heavy atom. The summed E-state index contributed by atoms with van der Waals surface area (Å²) in [6.45, 7) is 0.170. The molecule has 1 N–H and O–H groups in total. The minimum atomic E-state index is -0.403. The van der Waals surface area contributed by atoms with Gasteiger partial charge in [0.25, 0.3) is 0 Å². The Hall–Kier alpha value is -2.81. The Morgan fingerprint density at radius 3 is 2.88 bits per heavy atom. The molecule has 9 heteroatoms. The van der Waals surface area contributed by atoms with E-state index >= 15 is 0 Å². The number of amides is 1. The molecule has 0 atom stereocenters. The Bertz CT molecular complexity index is 884. The second-order valence-electron chi connectivity index (χ2n) is 6.36. The van der Waals surface area contributed by atoms with E-state index in [9.17, 15) is 9.59 Å². The molecule has 2 aliphatic rings. The maximum absolute atomic E-state index is 12.8. The largest absolute Gasteiger partial charge is 0.454 e. The van der Waals surface area contributed by atoms with Crippen LogP contribution in [0.5, 0.6) is 11.5 Å². The number of rotatable bonds is 6. The van der Waals surface area contributed by atoms with Gasteiger partial charge in [-0.3, -0.25) is 4.79 Å². The van der Waals surface area contributed by atoms with Gasteiger partial charge >= 0.3 is 5.69 Å². The second-order valence-corrected chi connectivity index (χ2v) is 6.36. The lowest BCUT2D eigenvalue weighted by Crippen LogP contribution is -2.42. The summed E-state index contributed by atoms with van der Waals surface area (Å²) in [4.78, 5) is 25.0. The number of ether oxygens (including phenoxy) is 3. The molecule has 138 valence electrons. The van der Waals surface area contributed by atoms with Gasteiger partial charge in [0.2, 0.25) is 12.7 Å². The first-order valence-corrected chi connectivity index (χ1v) is 8.53. The summed E-state index contributed by atoms with van der Waals surface area (Å²) in [5.74, 6) is 1.39. The number of nitrogens with one attached hydrogen (secondary N) is 1. The molecule has 0 radical (unpaired) electrons. The molecule has 1 amide bonds. The molecule has 1 aliphatic heterocycles. The summed E-state index contributed by atoms with van der Waals surface area (Å²) in [5, 5.41) is 7.18. The van der Waals surface area contributed by atoms with Gasteiger partial charge in [0.05, 0.1) is 5.69 Å². The van der Waals surface area contributed by atoms with E-state index in [1.54, 1.807) is 18.2 Å². The van der Waals surface area contributed by atoms with Gasteiger partial charge in [0.15, 0.2) is 17.3 Å². The van der Waals surface area contributed by atoms with Crippen molar-refractivity contribution in [3.8, 4) is 17.2 Å². The summed E-state index contributed by atoms with van der Waals surface area (Å²) in [6.07, 6.45) is 3.10. The first-order valence-electron chi connectivity index (χ1n) is 8.53. The topological polar surface area (TPSA) is 96.6 Å². The molecule has 0 saturated heterocycles. The third-order valence-electron chi connectivity index (χ3n) is 4.56. The number of benzene rings is 1. The third-order valence-corrected chi connectivity index (χ3v) is 4.56. The lowest BCUT2D eigenvalue weighted by atomic mass is 9.93. The van der Waals surface area contributed by atoms with E-state index in [0.29, 0.717) is 23.0 Å². The number of fused-ring (bicyclic) bond motifs is 1. The molecule has 1 fully saturated rings. The molecule has 0 unspecified atom stereocenters. The van der Waals surface area contributed by atoms with Crippen LogP contribution in [-0.4, -0.2) is 40.2 Å². The molecule has 1 aromatic heterocycles. The fourth-order valence-electron chi connectivity index (χ4n) is 3.02. The van der Waals surface area contributed by atoms with Gasteiger partial charge in [-0.25, -0.2) is 14.0 Å². The van der Waals surface area contributed by atoms with Crippen molar-refractivity contribution < 1.29 is 19.0 Å². The van der Waals surface area contributed by atoms with Gasteiger partial charge < -0.3 is 19.5 Å². The number of aromatic nitrogens is 3. The Balaban J connectivity index is 1.64. The van der Waals surface area contributed by atoms with Crippen LogP contribution in [0.2, 0.25) is 0 Å². The standard InChI is InChI=1S/C17H20N4O5/c1-24-9-15-19-20(8-16(22)18-11-3-2-4-11)17(23)21(15)12-5-6-13-14(7-12)26-10-25-13/h5-7,11H,2-4,8-10H2,1H3,(H,18,22). The van der Waals surface area contributed by atoms with Gasteiger partial charge in [-0.2, -0.15) is 5.10 Å². The zero-order chi connectivity index (χ0) is 18.1. The fraction of sp³-hybridized carbons (Fsp3) is 0.471. The maximum Gasteiger partial charge on any atom is 0.351 e. The highest BCUT2D eigenvalue weighted by atomic mass is 16.7. The summed E-state index contributed by atoms with van der Waals surface area (Å²) in [6, 6.07) is 5.41. The molecule has 1 aliphatic carbocycles. The molecule has 4 rings (SSSR count). The second kappa shape index (κ2) is 6.83. The smallest absolute Gasteiger partial charge is 0.351 e. The highest BCUT2D eigenvalue weighted by Gasteiger charge is 2.22. The Morgan fingerprint density at radius 1 is 1.35 bits per heavy atom. The van der Waals surface area contributed by atoms with Crippen LogP contribution in [0, 0.1) is 0 Å². The van der Waals surface area contributed by atoms with Gasteiger partial charge in [-0.1, -0.05) is 0 Å². The molecule has 9 nitrogen and oxygen atoms in total. The number of methoxy groups -OCH3 is 1. The lowest BCUT2D eigenvalue weighted by molar-refractivity contribution is -0.123. The van der Waals surface area contributed by atoms with Crippen molar-refractivity contribution in [3.63, 3.8) is 0 Å². The zero-order valence-electron chi connectivity index (χ0n) is 14.4. The van der Waals surface area contributed by atoms with Gasteiger partial charge in [-0.05, 0) is 31.4 Å². The predicted molar refractivity (Wildman–Crippen MR) is 90.4 cm³/mol. The predicted octanol–water partition coefficient (Wildman–Crippen LogP) is 0.578. The number of carbonyl (C=O) groups is 1. The summed E-state index contributed by atoms with van der Waals surface area (Å²) in [7, 11) is 1.52. The van der Waals surface area contributed by atoms with Crippen LogP contribution >= 0.6 is 0 Å². The molecule has 0 spiro atoms. The van der Waals surface area contributed by atoms with Crippen LogP contribution in [-0.2, 0) is 22.7 Å². The van der Waals surface area contributed by atoms with Gasteiger partial charge in [-0.15, -0.1) is 0 Å². The van der Waals surface area contributed by atoms with E-state index < -0.39 is 5.69 Å². The maximum atomic E-state index is 12.8. The van der Waals surface area contributed by atoms with E-state index in [-0.39, 0.29) is 31.9 Å². The van der Waals surface area contributed by atoms with Crippen molar-refractivity contribution in [3.05, 3.63) is 34.5 Å². The molecule has 2 aromatic rings. The molecule has 2 heterocycles. The molecular weight excluding hydrogens is 340 g/mol. The van der Waals surface area contributed by atoms with E-state index in [4.69, 9.17) is 14.2 Å². The lowest BCUT2D eigenvalue weighted by Gasteiger charge is -2.26. The van der Waals surface area contributed by atoms with Gasteiger partial charge in [0.1, 0.15) is 13.2 Å². The van der Waals surface area contributed by atoms with Crippen LogP contribution in [0.3, 0.4) is 0 Å². The van der Waals surface area contributed by atoms with Crippen LogP contribution in [0.25, 0.3) is 5.69 Å². The van der Waals surface area contributed by atoms with Crippen LogP contribution in [0.1, 0.15) is 25.1 Å². The number of carbonyl (C=O) groups excluding carboxylic acids is 1.